The molecule has 1 aliphatic carbocycles. The van der Waals surface area contributed by atoms with Crippen molar-refractivity contribution in [3.05, 3.63) is 67.1 Å². The second kappa shape index (κ2) is 11.8. The van der Waals surface area contributed by atoms with Gasteiger partial charge in [-0.05, 0) is 61.9 Å². The van der Waals surface area contributed by atoms with Crippen molar-refractivity contribution in [1.82, 2.24) is 0 Å². The maximum atomic E-state index is 13.3. The predicted molar refractivity (Wildman–Crippen MR) is 115 cm³/mol. The highest BCUT2D eigenvalue weighted by molar-refractivity contribution is 9.10. The number of fused-ring (bicyclic) bond motifs is 1. The molecule has 2 aromatic carbocycles. The first-order valence-corrected chi connectivity index (χ1v) is 11.2. The van der Waals surface area contributed by atoms with Crippen molar-refractivity contribution in [3.63, 3.8) is 0 Å². The number of esters is 1. The fourth-order valence-corrected chi connectivity index (χ4v) is 4.24. The zero-order valence-corrected chi connectivity index (χ0v) is 19.8. The summed E-state index contributed by atoms with van der Waals surface area (Å²) < 4.78 is 57.9. The van der Waals surface area contributed by atoms with Crippen LogP contribution in [-0.2, 0) is 22.4 Å². The number of hydrogen-bond donors (Lipinski definition) is 0. The molecule has 3 nitrogen and oxygen atoms in total. The molecule has 9 heteroatoms. The highest BCUT2D eigenvalue weighted by atomic mass is 79.9. The maximum Gasteiger partial charge on any atom is 0.305 e. The average molecular weight is 568 g/mol. The minimum atomic E-state index is -1.01. The van der Waals surface area contributed by atoms with Crippen molar-refractivity contribution in [1.29, 1.82) is 0 Å². The van der Waals surface area contributed by atoms with Crippen LogP contribution in [0.4, 0.5) is 17.6 Å². The van der Waals surface area contributed by atoms with E-state index >= 15 is 0 Å². The number of benzene rings is 2. The average Bonchev–Trinajstić information content (AvgIpc) is 2.71. The fraction of sp³-hybridized carbons (Fsp3) is 0.364. The number of aryl methyl sites for hydroxylation is 1. The summed E-state index contributed by atoms with van der Waals surface area (Å²) in [5, 5.41) is 0. The van der Waals surface area contributed by atoms with E-state index in [2.05, 4.69) is 31.9 Å². The Morgan fingerprint density at radius 1 is 1.00 bits per heavy atom. The summed E-state index contributed by atoms with van der Waals surface area (Å²) in [7, 11) is 0. The molecule has 0 bridgehead atoms. The summed E-state index contributed by atoms with van der Waals surface area (Å²) in [4.78, 5) is 22.5. The number of ether oxygens (including phenoxy) is 1. The number of carbonyl (C=O) groups excluding carboxylic acids is 2. The molecule has 0 spiro atoms. The fourth-order valence-electron chi connectivity index (χ4n) is 3.13. The van der Waals surface area contributed by atoms with Gasteiger partial charge in [0.15, 0.2) is 29.1 Å². The third-order valence-electron chi connectivity index (χ3n) is 4.60. The van der Waals surface area contributed by atoms with Gasteiger partial charge in [-0.2, -0.15) is 0 Å². The van der Waals surface area contributed by atoms with E-state index in [1.807, 2.05) is 0 Å². The molecular weight excluding hydrogens is 548 g/mol. The zero-order valence-electron chi connectivity index (χ0n) is 16.7. The van der Waals surface area contributed by atoms with E-state index in [-0.39, 0.29) is 23.7 Å². The van der Waals surface area contributed by atoms with Crippen LogP contribution in [0.15, 0.2) is 27.1 Å². The Morgan fingerprint density at radius 2 is 1.65 bits per heavy atom. The van der Waals surface area contributed by atoms with E-state index in [1.165, 1.54) is 0 Å². The molecule has 0 aliphatic heterocycles. The van der Waals surface area contributed by atoms with Crippen molar-refractivity contribution in [2.75, 3.05) is 6.61 Å². The lowest BCUT2D eigenvalue weighted by Crippen LogP contribution is -2.15. The second-order valence-corrected chi connectivity index (χ2v) is 8.51. The number of carbonyl (C=O) groups is 2. The standard InChI is InChI=1S/C12H13BrF2O2.C10H7BrF2O/c1-2-17-12(16)5-3-4-8-6-10(14)11(15)7-9(8)13;11-6-4-7(12)10(13)9-5(6)2-1-3-8(9)14/h6-7H,2-5H2,1H3;4H,1-3H2. The second-order valence-electron chi connectivity index (χ2n) is 6.80. The van der Waals surface area contributed by atoms with Gasteiger partial charge >= 0.3 is 5.97 Å². The highest BCUT2D eigenvalue weighted by Crippen LogP contribution is 2.31. The first kappa shape index (κ1) is 25.5. The SMILES string of the molecule is CCOC(=O)CCCc1cc(F)c(F)cc1Br.O=C1CCCc2c(Br)cc(F)c(F)c21. The van der Waals surface area contributed by atoms with Crippen molar-refractivity contribution < 1.29 is 31.9 Å². The predicted octanol–water partition coefficient (Wildman–Crippen LogP) is 6.86. The maximum absolute atomic E-state index is 13.3. The summed E-state index contributed by atoms with van der Waals surface area (Å²) in [5.41, 5.74) is 1.18. The van der Waals surface area contributed by atoms with Gasteiger partial charge in [0.25, 0.3) is 0 Å². The van der Waals surface area contributed by atoms with Crippen LogP contribution in [0.3, 0.4) is 0 Å². The molecular formula is C22H20Br2F4O3. The van der Waals surface area contributed by atoms with Crippen molar-refractivity contribution >= 4 is 43.6 Å². The van der Waals surface area contributed by atoms with Crippen LogP contribution < -0.4 is 0 Å². The first-order chi connectivity index (χ1) is 14.6. The molecule has 0 atom stereocenters. The molecule has 0 amide bonds. The third-order valence-corrected chi connectivity index (χ3v) is 6.05. The van der Waals surface area contributed by atoms with Gasteiger partial charge in [0, 0.05) is 21.8 Å². The molecule has 3 rings (SSSR count). The summed E-state index contributed by atoms with van der Waals surface area (Å²) >= 11 is 6.29. The number of hydrogen-bond acceptors (Lipinski definition) is 3. The van der Waals surface area contributed by atoms with Crippen LogP contribution in [0, 0.1) is 23.3 Å². The van der Waals surface area contributed by atoms with Crippen LogP contribution in [0.2, 0.25) is 0 Å². The van der Waals surface area contributed by atoms with E-state index in [9.17, 15) is 27.2 Å². The Bertz CT molecular complexity index is 980. The van der Waals surface area contributed by atoms with Crippen LogP contribution in [0.25, 0.3) is 0 Å². The minimum Gasteiger partial charge on any atom is -0.466 e. The smallest absolute Gasteiger partial charge is 0.305 e. The highest BCUT2D eigenvalue weighted by Gasteiger charge is 2.25. The summed E-state index contributed by atoms with van der Waals surface area (Å²) in [5.74, 6) is -4.31. The summed E-state index contributed by atoms with van der Waals surface area (Å²) in [6.45, 7) is 2.09. The number of halogens is 6. The van der Waals surface area contributed by atoms with Crippen molar-refractivity contribution in [2.24, 2.45) is 0 Å². The lowest BCUT2D eigenvalue weighted by Gasteiger charge is -2.16. The van der Waals surface area contributed by atoms with Crippen LogP contribution >= 0.6 is 31.9 Å². The van der Waals surface area contributed by atoms with Crippen LogP contribution in [0.1, 0.15) is 54.1 Å². The van der Waals surface area contributed by atoms with Gasteiger partial charge in [-0.25, -0.2) is 17.6 Å². The lowest BCUT2D eigenvalue weighted by molar-refractivity contribution is -0.143. The molecule has 0 heterocycles. The van der Waals surface area contributed by atoms with Gasteiger partial charge in [-0.3, -0.25) is 9.59 Å². The van der Waals surface area contributed by atoms with E-state index in [0.717, 1.165) is 18.2 Å². The Morgan fingerprint density at radius 3 is 2.32 bits per heavy atom. The van der Waals surface area contributed by atoms with E-state index < -0.39 is 23.3 Å². The molecule has 0 unspecified atom stereocenters. The summed E-state index contributed by atoms with van der Waals surface area (Å²) in [6.07, 6.45) is 2.95. The van der Waals surface area contributed by atoms with E-state index in [0.29, 0.717) is 58.8 Å². The molecule has 1 aliphatic rings. The van der Waals surface area contributed by atoms with E-state index in [1.54, 1.807) is 6.92 Å². The van der Waals surface area contributed by atoms with Crippen LogP contribution in [0.5, 0.6) is 0 Å². The van der Waals surface area contributed by atoms with Gasteiger partial charge in [0.2, 0.25) is 0 Å². The zero-order chi connectivity index (χ0) is 23.1. The van der Waals surface area contributed by atoms with Gasteiger partial charge < -0.3 is 4.74 Å². The Hall–Kier alpha value is -1.74. The minimum absolute atomic E-state index is 0.0666. The Kier molecular flexibility index (Phi) is 9.68. The van der Waals surface area contributed by atoms with Gasteiger partial charge in [-0.1, -0.05) is 31.9 Å². The topological polar surface area (TPSA) is 43.4 Å². The Labute approximate surface area is 194 Å². The van der Waals surface area contributed by atoms with Gasteiger partial charge in [-0.15, -0.1) is 0 Å². The lowest BCUT2D eigenvalue weighted by atomic mass is 9.90. The third kappa shape index (κ3) is 6.87. The molecule has 0 saturated heterocycles. The monoisotopic (exact) mass is 566 g/mol. The molecule has 2 aromatic rings. The largest absolute Gasteiger partial charge is 0.466 e. The van der Waals surface area contributed by atoms with Crippen molar-refractivity contribution in [3.8, 4) is 0 Å². The number of rotatable bonds is 5. The molecule has 0 fully saturated rings. The van der Waals surface area contributed by atoms with Gasteiger partial charge in [0.05, 0.1) is 12.2 Å². The molecule has 0 radical (unpaired) electrons. The van der Waals surface area contributed by atoms with Gasteiger partial charge in [0.1, 0.15) is 0 Å². The van der Waals surface area contributed by atoms with Crippen LogP contribution in [-0.4, -0.2) is 18.4 Å². The number of Topliss-reactive ketones (excluding diaryl/α,β-unsaturated/α-hetero) is 1. The van der Waals surface area contributed by atoms with E-state index in [4.69, 9.17) is 4.74 Å². The first-order valence-electron chi connectivity index (χ1n) is 9.64. The normalized spacial score (nSPS) is 12.7. The number of ketones is 1. The summed E-state index contributed by atoms with van der Waals surface area (Å²) in [6, 6.07) is 3.31. The Balaban J connectivity index is 0.000000224. The molecule has 0 saturated carbocycles. The quantitative estimate of drug-likeness (QED) is 0.225. The van der Waals surface area contributed by atoms with Crippen molar-refractivity contribution in [2.45, 2.75) is 45.4 Å². The molecule has 168 valence electrons. The molecule has 0 N–H and O–H groups in total. The molecule has 0 aromatic heterocycles. The molecule has 31 heavy (non-hydrogen) atoms.